The van der Waals surface area contributed by atoms with Crippen molar-refractivity contribution in [2.75, 3.05) is 26.2 Å². The fraction of sp³-hybridized carbons (Fsp3) is 0.286. The molecule has 0 saturated carbocycles. The molecular formula is C21H20FN5O4. The summed E-state index contributed by atoms with van der Waals surface area (Å²) in [7, 11) is 0. The maximum Gasteiger partial charge on any atom is 0.269 e. The standard InChI is InChI=1S/C21H20FN5O4/c1-14-2-3-16(12-18(14)22)21(28)26-10-8-25(9-11-26)13-19-23-20(24-31-19)15-4-6-17(7-5-15)27(29)30/h2-7,12H,8-11,13H2,1H3. The zero-order chi connectivity index (χ0) is 22.0. The molecular weight excluding hydrogens is 405 g/mol. The van der Waals surface area contributed by atoms with Crippen molar-refractivity contribution in [3.05, 3.63) is 75.4 Å². The van der Waals surface area contributed by atoms with Crippen molar-refractivity contribution >= 4 is 11.6 Å². The van der Waals surface area contributed by atoms with Crippen LogP contribution in [0.2, 0.25) is 0 Å². The third kappa shape index (κ3) is 4.58. The first-order chi connectivity index (χ1) is 14.9. The Morgan fingerprint density at radius 3 is 2.52 bits per heavy atom. The van der Waals surface area contributed by atoms with Crippen LogP contribution in [0, 0.1) is 22.9 Å². The number of carbonyl (C=O) groups is 1. The number of rotatable bonds is 5. The van der Waals surface area contributed by atoms with Crippen LogP contribution < -0.4 is 0 Å². The van der Waals surface area contributed by atoms with Gasteiger partial charge in [0.2, 0.25) is 11.7 Å². The Bertz CT molecular complexity index is 1110. The normalized spacial score (nSPS) is 14.6. The summed E-state index contributed by atoms with van der Waals surface area (Å²) in [5.41, 5.74) is 1.48. The van der Waals surface area contributed by atoms with Crippen molar-refractivity contribution in [3.8, 4) is 11.4 Å². The van der Waals surface area contributed by atoms with Crippen molar-refractivity contribution in [2.24, 2.45) is 0 Å². The number of amides is 1. The number of aryl methyl sites for hydroxylation is 1. The number of benzene rings is 2. The summed E-state index contributed by atoms with van der Waals surface area (Å²) in [5, 5.41) is 14.7. The van der Waals surface area contributed by atoms with Crippen LogP contribution in [-0.4, -0.2) is 56.9 Å². The van der Waals surface area contributed by atoms with Gasteiger partial charge in [-0.2, -0.15) is 4.98 Å². The lowest BCUT2D eigenvalue weighted by atomic mass is 10.1. The van der Waals surface area contributed by atoms with E-state index in [1.165, 1.54) is 18.2 Å². The Hall–Kier alpha value is -3.66. The highest BCUT2D eigenvalue weighted by molar-refractivity contribution is 5.94. The zero-order valence-electron chi connectivity index (χ0n) is 16.8. The van der Waals surface area contributed by atoms with Crippen molar-refractivity contribution < 1.29 is 18.6 Å². The predicted molar refractivity (Wildman–Crippen MR) is 109 cm³/mol. The van der Waals surface area contributed by atoms with E-state index in [2.05, 4.69) is 15.0 Å². The van der Waals surface area contributed by atoms with Gasteiger partial charge in [0.25, 0.3) is 11.6 Å². The van der Waals surface area contributed by atoms with Crippen LogP contribution in [0.15, 0.2) is 47.0 Å². The van der Waals surface area contributed by atoms with Gasteiger partial charge in [-0.25, -0.2) is 4.39 Å². The minimum absolute atomic E-state index is 0.00624. The second-order valence-corrected chi connectivity index (χ2v) is 7.35. The molecule has 1 fully saturated rings. The molecule has 1 amide bonds. The first-order valence-corrected chi connectivity index (χ1v) is 9.76. The van der Waals surface area contributed by atoms with Crippen molar-refractivity contribution in [1.82, 2.24) is 19.9 Å². The van der Waals surface area contributed by atoms with E-state index in [9.17, 15) is 19.3 Å². The maximum atomic E-state index is 13.8. The lowest BCUT2D eigenvalue weighted by molar-refractivity contribution is -0.384. The molecule has 1 aliphatic rings. The molecule has 1 aromatic heterocycles. The van der Waals surface area contributed by atoms with Gasteiger partial charge in [0.05, 0.1) is 11.5 Å². The van der Waals surface area contributed by atoms with E-state index in [0.717, 1.165) is 0 Å². The molecule has 0 bridgehead atoms. The van der Waals surface area contributed by atoms with Crippen LogP contribution in [0.3, 0.4) is 0 Å². The minimum atomic E-state index is -0.467. The first-order valence-electron chi connectivity index (χ1n) is 9.76. The molecule has 3 aromatic rings. The summed E-state index contributed by atoms with van der Waals surface area (Å²) in [6, 6.07) is 10.5. The summed E-state index contributed by atoms with van der Waals surface area (Å²) in [5.74, 6) is 0.218. The second kappa shape index (κ2) is 8.60. The van der Waals surface area contributed by atoms with Gasteiger partial charge in [0.15, 0.2) is 0 Å². The molecule has 0 aliphatic carbocycles. The summed E-state index contributed by atoms with van der Waals surface area (Å²) in [4.78, 5) is 31.1. The molecule has 31 heavy (non-hydrogen) atoms. The number of non-ortho nitro benzene ring substituents is 1. The molecule has 2 aromatic carbocycles. The fourth-order valence-corrected chi connectivity index (χ4v) is 3.38. The van der Waals surface area contributed by atoms with E-state index in [4.69, 9.17) is 4.52 Å². The highest BCUT2D eigenvalue weighted by Gasteiger charge is 2.24. The quantitative estimate of drug-likeness (QED) is 0.457. The maximum absolute atomic E-state index is 13.8. The van der Waals surface area contributed by atoms with Gasteiger partial charge in [-0.05, 0) is 36.8 Å². The zero-order valence-corrected chi connectivity index (χ0v) is 16.8. The summed E-state index contributed by atoms with van der Waals surface area (Å²) in [6.45, 7) is 4.36. The van der Waals surface area contributed by atoms with Crippen LogP contribution in [0.4, 0.5) is 10.1 Å². The minimum Gasteiger partial charge on any atom is -0.338 e. The van der Waals surface area contributed by atoms with Gasteiger partial charge in [-0.3, -0.25) is 19.8 Å². The molecule has 0 radical (unpaired) electrons. The van der Waals surface area contributed by atoms with Gasteiger partial charge in [-0.1, -0.05) is 11.2 Å². The van der Waals surface area contributed by atoms with Crippen LogP contribution in [-0.2, 0) is 6.54 Å². The highest BCUT2D eigenvalue weighted by Crippen LogP contribution is 2.20. The van der Waals surface area contributed by atoms with E-state index in [-0.39, 0.29) is 17.4 Å². The predicted octanol–water partition coefficient (Wildman–Crippen LogP) is 3.05. The summed E-state index contributed by atoms with van der Waals surface area (Å²) in [6.07, 6.45) is 0. The fourth-order valence-electron chi connectivity index (χ4n) is 3.38. The van der Waals surface area contributed by atoms with E-state index in [1.807, 2.05) is 0 Å². The molecule has 0 spiro atoms. The average molecular weight is 425 g/mol. The average Bonchev–Trinajstić information content (AvgIpc) is 3.24. The van der Waals surface area contributed by atoms with E-state index in [0.29, 0.717) is 61.1 Å². The van der Waals surface area contributed by atoms with Gasteiger partial charge in [0, 0.05) is 49.4 Å². The molecule has 9 nitrogen and oxygen atoms in total. The topological polar surface area (TPSA) is 106 Å². The Kier molecular flexibility index (Phi) is 5.72. The molecule has 0 atom stereocenters. The van der Waals surface area contributed by atoms with Crippen LogP contribution in [0.5, 0.6) is 0 Å². The van der Waals surface area contributed by atoms with Crippen LogP contribution in [0.25, 0.3) is 11.4 Å². The molecule has 10 heteroatoms. The number of carbonyl (C=O) groups excluding carboxylic acids is 1. The summed E-state index contributed by atoms with van der Waals surface area (Å²) >= 11 is 0. The third-order valence-corrected chi connectivity index (χ3v) is 5.24. The van der Waals surface area contributed by atoms with Crippen molar-refractivity contribution in [1.29, 1.82) is 0 Å². The van der Waals surface area contributed by atoms with Crippen molar-refractivity contribution in [3.63, 3.8) is 0 Å². The van der Waals surface area contributed by atoms with Crippen LogP contribution in [0.1, 0.15) is 21.8 Å². The molecule has 4 rings (SSSR count). The highest BCUT2D eigenvalue weighted by atomic mass is 19.1. The monoisotopic (exact) mass is 425 g/mol. The van der Waals surface area contributed by atoms with Gasteiger partial charge in [0.1, 0.15) is 5.82 Å². The number of aromatic nitrogens is 2. The Balaban J connectivity index is 1.33. The number of nitro benzene ring substituents is 1. The molecule has 0 unspecified atom stereocenters. The van der Waals surface area contributed by atoms with E-state index >= 15 is 0 Å². The lowest BCUT2D eigenvalue weighted by Gasteiger charge is -2.34. The van der Waals surface area contributed by atoms with Gasteiger partial charge < -0.3 is 9.42 Å². The number of nitrogens with zero attached hydrogens (tertiary/aromatic N) is 5. The number of piperazine rings is 1. The Morgan fingerprint density at radius 1 is 1.16 bits per heavy atom. The van der Waals surface area contributed by atoms with Gasteiger partial charge in [-0.15, -0.1) is 0 Å². The molecule has 2 heterocycles. The number of halogens is 1. The second-order valence-electron chi connectivity index (χ2n) is 7.35. The van der Waals surface area contributed by atoms with Crippen molar-refractivity contribution in [2.45, 2.75) is 13.5 Å². The lowest BCUT2D eigenvalue weighted by Crippen LogP contribution is -2.48. The largest absolute Gasteiger partial charge is 0.338 e. The third-order valence-electron chi connectivity index (χ3n) is 5.24. The first kappa shape index (κ1) is 20.6. The molecule has 160 valence electrons. The Morgan fingerprint density at radius 2 is 1.87 bits per heavy atom. The number of nitro groups is 1. The molecule has 1 aliphatic heterocycles. The molecule has 1 saturated heterocycles. The number of hydrogen-bond acceptors (Lipinski definition) is 7. The van der Waals surface area contributed by atoms with E-state index < -0.39 is 4.92 Å². The van der Waals surface area contributed by atoms with E-state index in [1.54, 1.807) is 36.1 Å². The smallest absolute Gasteiger partial charge is 0.269 e. The number of hydrogen-bond donors (Lipinski definition) is 0. The summed E-state index contributed by atoms with van der Waals surface area (Å²) < 4.78 is 19.1. The SMILES string of the molecule is Cc1ccc(C(=O)N2CCN(Cc3nc(-c4ccc([N+](=O)[O-])cc4)no3)CC2)cc1F. The van der Waals surface area contributed by atoms with Crippen LogP contribution >= 0.6 is 0 Å². The van der Waals surface area contributed by atoms with Gasteiger partial charge >= 0.3 is 0 Å². The molecule has 0 N–H and O–H groups in total. The Labute approximate surface area is 177 Å².